The van der Waals surface area contributed by atoms with Crippen LogP contribution in [0.2, 0.25) is 0 Å². The molecule has 0 bridgehead atoms. The van der Waals surface area contributed by atoms with Crippen molar-refractivity contribution >= 4 is 35.0 Å². The summed E-state index contributed by atoms with van der Waals surface area (Å²) in [6, 6.07) is 15.5. The van der Waals surface area contributed by atoms with Crippen LogP contribution in [0.4, 0.5) is 11.4 Å². The van der Waals surface area contributed by atoms with E-state index in [-0.39, 0.29) is 23.6 Å². The van der Waals surface area contributed by atoms with Gasteiger partial charge in [-0.2, -0.15) is 0 Å². The molecule has 0 saturated heterocycles. The predicted molar refractivity (Wildman–Crippen MR) is 120 cm³/mol. The van der Waals surface area contributed by atoms with E-state index in [4.69, 9.17) is 0 Å². The van der Waals surface area contributed by atoms with Crippen molar-refractivity contribution in [3.8, 4) is 0 Å². The third-order valence-electron chi connectivity index (χ3n) is 6.59. The molecule has 0 spiro atoms. The van der Waals surface area contributed by atoms with Crippen LogP contribution >= 0.6 is 0 Å². The molecule has 1 aliphatic carbocycles. The molecule has 2 heterocycles. The lowest BCUT2D eigenvalue weighted by Gasteiger charge is -2.29. The Hall–Kier alpha value is -3.80. The van der Waals surface area contributed by atoms with Gasteiger partial charge in [0.2, 0.25) is 0 Å². The molecule has 1 fully saturated rings. The van der Waals surface area contributed by atoms with E-state index in [1.165, 1.54) is 45.2 Å². The molecule has 4 amide bonds. The average molecular weight is 426 g/mol. The van der Waals surface area contributed by atoms with Gasteiger partial charge in [-0.1, -0.05) is 24.3 Å². The van der Waals surface area contributed by atoms with Gasteiger partial charge in [0.05, 0.1) is 11.4 Å². The zero-order chi connectivity index (χ0) is 22.2. The molecule has 1 saturated carbocycles. The highest BCUT2D eigenvalue weighted by atomic mass is 16.2. The molecule has 6 heteroatoms. The van der Waals surface area contributed by atoms with E-state index in [0.717, 1.165) is 25.7 Å². The van der Waals surface area contributed by atoms with Gasteiger partial charge in [0.15, 0.2) is 0 Å². The summed E-state index contributed by atoms with van der Waals surface area (Å²) in [5, 5.41) is 0. The van der Waals surface area contributed by atoms with E-state index in [2.05, 4.69) is 0 Å². The monoisotopic (exact) mass is 426 g/mol. The van der Waals surface area contributed by atoms with Crippen LogP contribution in [-0.2, 0) is 19.2 Å². The van der Waals surface area contributed by atoms with Gasteiger partial charge in [0, 0.05) is 24.3 Å². The van der Waals surface area contributed by atoms with Gasteiger partial charge < -0.3 is 0 Å². The van der Waals surface area contributed by atoms with E-state index in [1.807, 2.05) is 48.5 Å². The highest BCUT2D eigenvalue weighted by molar-refractivity contribution is 6.28. The molecule has 2 aromatic rings. The van der Waals surface area contributed by atoms with Crippen molar-refractivity contribution < 1.29 is 19.2 Å². The van der Waals surface area contributed by atoms with Crippen LogP contribution in [0.5, 0.6) is 0 Å². The zero-order valence-electron chi connectivity index (χ0n) is 17.4. The number of carbonyl (C=O) groups is 4. The summed E-state index contributed by atoms with van der Waals surface area (Å²) >= 11 is 0. The lowest BCUT2D eigenvalue weighted by molar-refractivity contribution is -0.121. The quantitative estimate of drug-likeness (QED) is 0.693. The van der Waals surface area contributed by atoms with E-state index >= 15 is 0 Å². The van der Waals surface area contributed by atoms with Gasteiger partial charge in [-0.05, 0) is 72.9 Å². The second-order valence-electron chi connectivity index (χ2n) is 8.42. The van der Waals surface area contributed by atoms with Crippen LogP contribution in [0.3, 0.4) is 0 Å². The maximum Gasteiger partial charge on any atom is 0.258 e. The normalized spacial score (nSPS) is 23.0. The molecule has 0 unspecified atom stereocenters. The maximum atomic E-state index is 11.8. The predicted octanol–water partition coefficient (Wildman–Crippen LogP) is 3.99. The van der Waals surface area contributed by atoms with Crippen LogP contribution in [0.25, 0.3) is 0 Å². The minimum absolute atomic E-state index is 0.302. The van der Waals surface area contributed by atoms with Gasteiger partial charge in [-0.15, -0.1) is 0 Å². The largest absolute Gasteiger partial charge is 0.269 e. The van der Waals surface area contributed by atoms with Crippen molar-refractivity contribution in [2.24, 2.45) is 0 Å². The summed E-state index contributed by atoms with van der Waals surface area (Å²) in [5.74, 6) is -0.303. The lowest BCUT2D eigenvalue weighted by Crippen LogP contribution is -2.29. The fraction of sp³-hybridized carbons (Fsp3) is 0.231. The zero-order valence-corrected chi connectivity index (χ0v) is 17.4. The Morgan fingerprint density at radius 1 is 0.469 bits per heavy atom. The Labute approximate surface area is 185 Å². The number of imide groups is 2. The summed E-state index contributed by atoms with van der Waals surface area (Å²) in [6.45, 7) is 0. The van der Waals surface area contributed by atoms with Crippen LogP contribution in [0, 0.1) is 0 Å². The van der Waals surface area contributed by atoms with Crippen molar-refractivity contribution in [1.29, 1.82) is 0 Å². The van der Waals surface area contributed by atoms with Crippen LogP contribution < -0.4 is 9.80 Å². The number of anilines is 2. The highest BCUT2D eigenvalue weighted by Crippen LogP contribution is 2.41. The highest BCUT2D eigenvalue weighted by Gasteiger charge is 2.28. The van der Waals surface area contributed by atoms with Crippen LogP contribution in [0.15, 0.2) is 72.8 Å². The molecule has 2 aromatic carbocycles. The first kappa shape index (κ1) is 20.1. The first-order chi connectivity index (χ1) is 15.5. The lowest BCUT2D eigenvalue weighted by atomic mass is 9.76. The molecule has 5 rings (SSSR count). The van der Waals surface area contributed by atoms with E-state index in [9.17, 15) is 19.2 Å². The van der Waals surface area contributed by atoms with Crippen molar-refractivity contribution in [1.82, 2.24) is 0 Å². The minimum Gasteiger partial charge on any atom is -0.269 e. The molecule has 160 valence electrons. The molecule has 3 aliphatic rings. The first-order valence-corrected chi connectivity index (χ1v) is 10.8. The smallest absolute Gasteiger partial charge is 0.258 e. The molecule has 6 nitrogen and oxygen atoms in total. The fourth-order valence-corrected chi connectivity index (χ4v) is 4.86. The molecule has 0 radical (unpaired) electrons. The molecule has 2 aliphatic heterocycles. The summed E-state index contributed by atoms with van der Waals surface area (Å²) in [5.41, 5.74) is 3.67. The Balaban J connectivity index is 1.21. The van der Waals surface area contributed by atoms with E-state index < -0.39 is 0 Å². The average Bonchev–Trinajstić information content (AvgIpc) is 3.34. The third-order valence-corrected chi connectivity index (χ3v) is 6.59. The molecule has 0 N–H and O–H groups in total. The van der Waals surface area contributed by atoms with Crippen molar-refractivity contribution in [3.63, 3.8) is 0 Å². The molecular weight excluding hydrogens is 404 g/mol. The number of benzene rings is 2. The Kier molecular flexibility index (Phi) is 5.05. The number of carbonyl (C=O) groups excluding carboxylic acids is 4. The summed E-state index contributed by atoms with van der Waals surface area (Å²) in [4.78, 5) is 49.8. The summed E-state index contributed by atoms with van der Waals surface area (Å²) in [7, 11) is 0. The minimum atomic E-state index is -0.302. The number of rotatable bonds is 4. The fourth-order valence-electron chi connectivity index (χ4n) is 4.86. The van der Waals surface area contributed by atoms with Gasteiger partial charge in [-0.3, -0.25) is 19.2 Å². The maximum absolute atomic E-state index is 11.8. The number of hydrogen-bond donors (Lipinski definition) is 0. The number of nitrogens with zero attached hydrogens (tertiary/aromatic N) is 2. The van der Waals surface area contributed by atoms with Gasteiger partial charge in [-0.25, -0.2) is 9.80 Å². The Morgan fingerprint density at radius 2 is 0.750 bits per heavy atom. The number of amides is 4. The molecule has 0 aromatic heterocycles. The standard InChI is InChI=1S/C26H22N2O4/c29-23-13-14-24(30)27(23)21-9-5-19(6-10-21)17-1-2-18(4-3-17)20-7-11-22(12-8-20)28-25(31)15-16-26(28)32/h5-18H,1-4H2. The second-order valence-corrected chi connectivity index (χ2v) is 8.42. The third kappa shape index (κ3) is 3.58. The van der Waals surface area contributed by atoms with Crippen LogP contribution in [-0.4, -0.2) is 23.6 Å². The van der Waals surface area contributed by atoms with Gasteiger partial charge >= 0.3 is 0 Å². The SMILES string of the molecule is O=C1C=CC(=O)N1c1ccc(C2CCC(c3ccc(N4C(=O)C=CC4=O)cc3)CC2)cc1. The van der Waals surface area contributed by atoms with Crippen LogP contribution in [0.1, 0.15) is 48.6 Å². The topological polar surface area (TPSA) is 74.8 Å². The molecule has 32 heavy (non-hydrogen) atoms. The molecular formula is C26H22N2O4. The van der Waals surface area contributed by atoms with Crippen molar-refractivity contribution in [2.45, 2.75) is 37.5 Å². The van der Waals surface area contributed by atoms with Crippen molar-refractivity contribution in [2.75, 3.05) is 9.80 Å². The van der Waals surface area contributed by atoms with Gasteiger partial charge in [0.25, 0.3) is 23.6 Å². The van der Waals surface area contributed by atoms with E-state index in [1.54, 1.807) is 0 Å². The van der Waals surface area contributed by atoms with Crippen molar-refractivity contribution in [3.05, 3.63) is 84.0 Å². The second kappa shape index (κ2) is 8.04. The summed E-state index contributed by atoms with van der Waals surface area (Å²) in [6.07, 6.45) is 9.40. The Bertz CT molecular complexity index is 1020. The first-order valence-electron chi connectivity index (χ1n) is 10.8. The number of hydrogen-bond acceptors (Lipinski definition) is 4. The Morgan fingerprint density at radius 3 is 1.03 bits per heavy atom. The van der Waals surface area contributed by atoms with Gasteiger partial charge in [0.1, 0.15) is 0 Å². The molecule has 0 atom stereocenters. The summed E-state index contributed by atoms with van der Waals surface area (Å²) < 4.78 is 0. The van der Waals surface area contributed by atoms with E-state index in [0.29, 0.717) is 23.2 Å².